The first-order valence-electron chi connectivity index (χ1n) is 8.78. The topological polar surface area (TPSA) is 44.8 Å². The molecule has 0 saturated carbocycles. The molecule has 1 fully saturated rings. The van der Waals surface area contributed by atoms with E-state index in [1.807, 2.05) is 18.2 Å². The number of piperidine rings is 1. The van der Waals surface area contributed by atoms with E-state index in [0.29, 0.717) is 11.8 Å². The molecule has 1 aliphatic heterocycles. The molecule has 3 aromatic rings. The fraction of sp³-hybridized carbons (Fsp3) is 0.400. The van der Waals surface area contributed by atoms with E-state index in [-0.39, 0.29) is 0 Å². The van der Waals surface area contributed by atoms with E-state index in [2.05, 4.69) is 48.9 Å². The van der Waals surface area contributed by atoms with E-state index >= 15 is 0 Å². The fourth-order valence-electron chi connectivity index (χ4n) is 3.92. The molecule has 4 rings (SSSR count). The summed E-state index contributed by atoms with van der Waals surface area (Å²) in [6.07, 6.45) is 1.29. The minimum absolute atomic E-state index is 0.693. The lowest BCUT2D eigenvalue weighted by molar-refractivity contribution is 0.356. The summed E-state index contributed by atoms with van der Waals surface area (Å²) in [6, 6.07) is 12.4. The Labute approximate surface area is 142 Å². The molecule has 1 N–H and O–H groups in total. The molecular formula is C20H24N4. The second-order valence-electron chi connectivity index (χ2n) is 7.30. The van der Waals surface area contributed by atoms with Gasteiger partial charge in [0.1, 0.15) is 11.5 Å². The summed E-state index contributed by atoms with van der Waals surface area (Å²) >= 11 is 0. The molecule has 4 nitrogen and oxygen atoms in total. The van der Waals surface area contributed by atoms with Crippen molar-refractivity contribution in [3.63, 3.8) is 0 Å². The summed E-state index contributed by atoms with van der Waals surface area (Å²) in [5.41, 5.74) is 3.12. The smallest absolute Gasteiger partial charge is 0.163 e. The maximum Gasteiger partial charge on any atom is 0.163 e. The lowest BCUT2D eigenvalue weighted by Crippen LogP contribution is -2.39. The number of aromatic amines is 1. The van der Waals surface area contributed by atoms with Crippen LogP contribution in [0, 0.1) is 18.8 Å². The van der Waals surface area contributed by atoms with Crippen molar-refractivity contribution in [2.24, 2.45) is 11.8 Å². The van der Waals surface area contributed by atoms with Crippen molar-refractivity contribution >= 4 is 16.9 Å². The molecule has 124 valence electrons. The van der Waals surface area contributed by atoms with Gasteiger partial charge in [-0.05, 0) is 31.2 Å². The zero-order chi connectivity index (χ0) is 16.7. The Bertz CT molecular complexity index is 843. The van der Waals surface area contributed by atoms with Crippen LogP contribution in [0.4, 0.5) is 5.82 Å². The standard InChI is InChI=1S/C20H24N4/c1-13-9-14(2)12-24(11-13)20-17-10-15(3)21-19(17)22-18(23-20)16-7-5-4-6-8-16/h4-8,10,13-14H,9,11-12H2,1-3H3,(H,21,22,23). The first kappa shape index (κ1) is 15.2. The predicted molar refractivity (Wildman–Crippen MR) is 99.2 cm³/mol. The van der Waals surface area contributed by atoms with Gasteiger partial charge in [-0.3, -0.25) is 0 Å². The van der Waals surface area contributed by atoms with Gasteiger partial charge in [0.15, 0.2) is 5.82 Å². The number of aromatic nitrogens is 3. The number of hydrogen-bond donors (Lipinski definition) is 1. The van der Waals surface area contributed by atoms with Gasteiger partial charge < -0.3 is 9.88 Å². The Balaban J connectivity index is 1.86. The van der Waals surface area contributed by atoms with Gasteiger partial charge in [-0.25, -0.2) is 9.97 Å². The lowest BCUT2D eigenvalue weighted by atomic mass is 9.92. The van der Waals surface area contributed by atoms with Crippen molar-refractivity contribution in [1.29, 1.82) is 0 Å². The molecule has 2 aromatic heterocycles. The molecule has 0 aliphatic carbocycles. The number of aryl methyl sites for hydroxylation is 1. The number of nitrogens with one attached hydrogen (secondary N) is 1. The van der Waals surface area contributed by atoms with Crippen LogP contribution >= 0.6 is 0 Å². The Morgan fingerprint density at radius 2 is 1.75 bits per heavy atom. The fourth-order valence-corrected chi connectivity index (χ4v) is 3.92. The number of benzene rings is 1. The monoisotopic (exact) mass is 320 g/mol. The molecule has 0 bridgehead atoms. The predicted octanol–water partition coefficient (Wildman–Crippen LogP) is 4.42. The number of nitrogens with zero attached hydrogens (tertiary/aromatic N) is 3. The minimum Gasteiger partial charge on any atom is -0.355 e. The number of fused-ring (bicyclic) bond motifs is 1. The zero-order valence-electron chi connectivity index (χ0n) is 14.6. The van der Waals surface area contributed by atoms with Crippen molar-refractivity contribution in [1.82, 2.24) is 15.0 Å². The van der Waals surface area contributed by atoms with Crippen LogP contribution in [0.2, 0.25) is 0 Å². The maximum atomic E-state index is 4.97. The molecule has 3 heterocycles. The summed E-state index contributed by atoms with van der Waals surface area (Å²) in [4.78, 5) is 15.6. The first-order chi connectivity index (χ1) is 11.6. The van der Waals surface area contributed by atoms with Crippen LogP contribution in [0.15, 0.2) is 36.4 Å². The summed E-state index contributed by atoms with van der Waals surface area (Å²) in [5.74, 6) is 3.25. The van der Waals surface area contributed by atoms with Crippen molar-refractivity contribution in [3.05, 3.63) is 42.1 Å². The summed E-state index contributed by atoms with van der Waals surface area (Å²) in [5, 5.41) is 1.13. The highest BCUT2D eigenvalue weighted by Gasteiger charge is 2.25. The third kappa shape index (κ3) is 2.77. The highest BCUT2D eigenvalue weighted by molar-refractivity contribution is 5.90. The summed E-state index contributed by atoms with van der Waals surface area (Å²) in [7, 11) is 0. The van der Waals surface area contributed by atoms with Gasteiger partial charge in [0.05, 0.1) is 5.39 Å². The molecule has 2 unspecified atom stereocenters. The van der Waals surface area contributed by atoms with E-state index in [4.69, 9.17) is 9.97 Å². The average Bonchev–Trinajstić information content (AvgIpc) is 2.94. The Kier molecular flexibility index (Phi) is 3.75. The van der Waals surface area contributed by atoms with Crippen LogP contribution in [-0.2, 0) is 0 Å². The Morgan fingerprint density at radius 1 is 1.04 bits per heavy atom. The number of rotatable bonds is 2. The Hall–Kier alpha value is -2.36. The van der Waals surface area contributed by atoms with Gasteiger partial charge in [0.25, 0.3) is 0 Å². The van der Waals surface area contributed by atoms with E-state index in [0.717, 1.165) is 47.0 Å². The molecular weight excluding hydrogens is 296 g/mol. The van der Waals surface area contributed by atoms with Gasteiger partial charge in [-0.15, -0.1) is 0 Å². The van der Waals surface area contributed by atoms with Crippen LogP contribution < -0.4 is 4.90 Å². The van der Waals surface area contributed by atoms with E-state index in [1.165, 1.54) is 6.42 Å². The van der Waals surface area contributed by atoms with Gasteiger partial charge in [-0.2, -0.15) is 0 Å². The second-order valence-corrected chi connectivity index (χ2v) is 7.30. The van der Waals surface area contributed by atoms with Gasteiger partial charge in [0.2, 0.25) is 0 Å². The van der Waals surface area contributed by atoms with Gasteiger partial charge >= 0.3 is 0 Å². The van der Waals surface area contributed by atoms with Crippen molar-refractivity contribution in [3.8, 4) is 11.4 Å². The number of hydrogen-bond acceptors (Lipinski definition) is 3. The largest absolute Gasteiger partial charge is 0.355 e. The third-order valence-electron chi connectivity index (χ3n) is 4.80. The molecule has 0 amide bonds. The highest BCUT2D eigenvalue weighted by atomic mass is 15.2. The first-order valence-corrected chi connectivity index (χ1v) is 8.78. The summed E-state index contributed by atoms with van der Waals surface area (Å²) < 4.78 is 0. The van der Waals surface area contributed by atoms with Crippen molar-refractivity contribution < 1.29 is 0 Å². The minimum atomic E-state index is 0.693. The van der Waals surface area contributed by atoms with E-state index in [9.17, 15) is 0 Å². The Morgan fingerprint density at radius 3 is 2.46 bits per heavy atom. The third-order valence-corrected chi connectivity index (χ3v) is 4.80. The SMILES string of the molecule is Cc1cc2c(N3CC(C)CC(C)C3)nc(-c3ccccc3)nc2[nH]1. The van der Waals surface area contributed by atoms with Crippen LogP contribution in [0.1, 0.15) is 26.0 Å². The molecule has 1 aliphatic rings. The van der Waals surface area contributed by atoms with Gasteiger partial charge in [-0.1, -0.05) is 44.2 Å². The highest BCUT2D eigenvalue weighted by Crippen LogP contribution is 2.32. The molecule has 1 aromatic carbocycles. The quantitative estimate of drug-likeness (QED) is 0.760. The van der Waals surface area contributed by atoms with Gasteiger partial charge in [0, 0.05) is 24.3 Å². The summed E-state index contributed by atoms with van der Waals surface area (Å²) in [6.45, 7) is 8.88. The molecule has 4 heteroatoms. The second kappa shape index (κ2) is 5.93. The lowest BCUT2D eigenvalue weighted by Gasteiger charge is -2.36. The van der Waals surface area contributed by atoms with Crippen molar-refractivity contribution in [2.75, 3.05) is 18.0 Å². The van der Waals surface area contributed by atoms with Crippen LogP contribution in [0.3, 0.4) is 0 Å². The van der Waals surface area contributed by atoms with Crippen LogP contribution in [-0.4, -0.2) is 28.0 Å². The van der Waals surface area contributed by atoms with E-state index in [1.54, 1.807) is 0 Å². The molecule has 1 saturated heterocycles. The number of H-pyrrole nitrogens is 1. The van der Waals surface area contributed by atoms with Crippen molar-refractivity contribution in [2.45, 2.75) is 27.2 Å². The maximum absolute atomic E-state index is 4.97. The molecule has 0 radical (unpaired) electrons. The average molecular weight is 320 g/mol. The molecule has 2 atom stereocenters. The van der Waals surface area contributed by atoms with Crippen LogP contribution in [0.5, 0.6) is 0 Å². The molecule has 24 heavy (non-hydrogen) atoms. The van der Waals surface area contributed by atoms with Crippen LogP contribution in [0.25, 0.3) is 22.4 Å². The van der Waals surface area contributed by atoms with E-state index < -0.39 is 0 Å². The normalized spacial score (nSPS) is 21.4. The molecule has 0 spiro atoms. The number of anilines is 1. The zero-order valence-corrected chi connectivity index (χ0v) is 14.6.